The quantitative estimate of drug-likeness (QED) is 0.910. The Balaban J connectivity index is 1.82. The highest BCUT2D eigenvalue weighted by atomic mass is 35.5. The van der Waals surface area contributed by atoms with Crippen molar-refractivity contribution in [1.82, 2.24) is 0 Å². The van der Waals surface area contributed by atoms with Crippen molar-refractivity contribution in [2.45, 2.75) is 24.8 Å². The van der Waals surface area contributed by atoms with Gasteiger partial charge in [-0.2, -0.15) is 0 Å². The lowest BCUT2D eigenvalue weighted by Gasteiger charge is -2.28. The third-order valence-corrected chi connectivity index (χ3v) is 4.21. The minimum atomic E-state index is -0.375. The molecule has 0 aromatic heterocycles. The first kappa shape index (κ1) is 14.4. The summed E-state index contributed by atoms with van der Waals surface area (Å²) in [5.74, 6) is 0.892. The van der Waals surface area contributed by atoms with Crippen LogP contribution in [0.4, 0.5) is 4.39 Å². The fourth-order valence-electron chi connectivity index (χ4n) is 2.89. The molecule has 0 saturated heterocycles. The van der Waals surface area contributed by atoms with Crippen LogP contribution in [-0.4, -0.2) is 6.61 Å². The second kappa shape index (κ2) is 6.04. The summed E-state index contributed by atoms with van der Waals surface area (Å²) < 4.78 is 19.6. The minimum Gasteiger partial charge on any atom is -0.493 e. The molecule has 0 saturated carbocycles. The van der Waals surface area contributed by atoms with Crippen LogP contribution in [0.1, 0.15) is 35.9 Å². The van der Waals surface area contributed by atoms with Crippen molar-refractivity contribution in [3.8, 4) is 5.75 Å². The van der Waals surface area contributed by atoms with Gasteiger partial charge >= 0.3 is 0 Å². The molecule has 1 aliphatic rings. The predicted octanol–water partition coefficient (Wildman–Crippen LogP) is 4.44. The maximum absolute atomic E-state index is 13.9. The Hall–Kier alpha value is -1.58. The molecule has 2 aromatic rings. The molecule has 1 aliphatic heterocycles. The molecule has 2 unspecified atom stereocenters. The number of halogens is 2. The van der Waals surface area contributed by atoms with Crippen LogP contribution < -0.4 is 10.5 Å². The van der Waals surface area contributed by atoms with E-state index in [2.05, 4.69) is 6.07 Å². The highest BCUT2D eigenvalue weighted by molar-refractivity contribution is 6.30. The SMILES string of the molecule is NC(CC1CCOc2ccccc21)c1cc(Cl)ccc1F. The van der Waals surface area contributed by atoms with Gasteiger partial charge in [0.2, 0.25) is 0 Å². The zero-order chi connectivity index (χ0) is 14.8. The van der Waals surface area contributed by atoms with Crippen LogP contribution in [0.5, 0.6) is 5.75 Å². The molecule has 0 fully saturated rings. The van der Waals surface area contributed by atoms with Gasteiger partial charge < -0.3 is 10.5 Å². The van der Waals surface area contributed by atoms with Crippen LogP contribution >= 0.6 is 11.6 Å². The number of ether oxygens (including phenoxy) is 1. The number of benzene rings is 2. The summed E-state index contributed by atoms with van der Waals surface area (Å²) >= 11 is 5.94. The molecule has 0 bridgehead atoms. The molecule has 21 heavy (non-hydrogen) atoms. The van der Waals surface area contributed by atoms with E-state index in [1.807, 2.05) is 18.2 Å². The van der Waals surface area contributed by atoms with E-state index in [1.54, 1.807) is 6.07 Å². The Kier molecular flexibility index (Phi) is 4.13. The Morgan fingerprint density at radius 2 is 2.10 bits per heavy atom. The van der Waals surface area contributed by atoms with Gasteiger partial charge in [-0.25, -0.2) is 4.39 Å². The maximum Gasteiger partial charge on any atom is 0.128 e. The molecule has 3 rings (SSSR count). The van der Waals surface area contributed by atoms with Gasteiger partial charge in [-0.3, -0.25) is 0 Å². The Bertz CT molecular complexity index is 646. The molecule has 0 spiro atoms. The van der Waals surface area contributed by atoms with E-state index in [9.17, 15) is 4.39 Å². The number of nitrogens with two attached hydrogens (primary N) is 1. The summed E-state index contributed by atoms with van der Waals surface area (Å²) in [6, 6.07) is 12.1. The van der Waals surface area contributed by atoms with Gasteiger partial charge in [-0.15, -0.1) is 0 Å². The molecule has 0 radical (unpaired) electrons. The number of para-hydroxylation sites is 1. The molecule has 2 atom stereocenters. The standard InChI is InChI=1S/C17H17ClFNO/c18-12-5-6-15(19)14(10-12)16(20)9-11-7-8-21-17-4-2-1-3-13(11)17/h1-6,10-11,16H,7-9,20H2. The van der Waals surface area contributed by atoms with Crippen LogP contribution in [0.3, 0.4) is 0 Å². The molecule has 1 heterocycles. The van der Waals surface area contributed by atoms with Gasteiger partial charge in [0.15, 0.2) is 0 Å². The lowest BCUT2D eigenvalue weighted by Crippen LogP contribution is -2.20. The van der Waals surface area contributed by atoms with E-state index in [4.69, 9.17) is 22.1 Å². The van der Waals surface area contributed by atoms with Crippen molar-refractivity contribution in [1.29, 1.82) is 0 Å². The topological polar surface area (TPSA) is 35.2 Å². The Labute approximate surface area is 128 Å². The van der Waals surface area contributed by atoms with Crippen molar-refractivity contribution >= 4 is 11.6 Å². The van der Waals surface area contributed by atoms with Crippen LogP contribution in [0.15, 0.2) is 42.5 Å². The second-order valence-electron chi connectivity index (χ2n) is 5.38. The van der Waals surface area contributed by atoms with E-state index in [0.717, 1.165) is 17.7 Å². The Morgan fingerprint density at radius 1 is 1.29 bits per heavy atom. The van der Waals surface area contributed by atoms with Gasteiger partial charge in [-0.05, 0) is 48.6 Å². The largest absolute Gasteiger partial charge is 0.493 e. The average molecular weight is 306 g/mol. The number of rotatable bonds is 3. The summed E-state index contributed by atoms with van der Waals surface area (Å²) in [5.41, 5.74) is 7.85. The Morgan fingerprint density at radius 3 is 2.95 bits per heavy atom. The van der Waals surface area contributed by atoms with Crippen LogP contribution in [0.2, 0.25) is 5.02 Å². The number of fused-ring (bicyclic) bond motifs is 1. The predicted molar refractivity (Wildman–Crippen MR) is 82.3 cm³/mol. The average Bonchev–Trinajstić information content (AvgIpc) is 2.50. The molecular formula is C17H17ClFNO. The fourth-order valence-corrected chi connectivity index (χ4v) is 3.07. The van der Waals surface area contributed by atoms with Crippen LogP contribution in [0, 0.1) is 5.82 Å². The first-order valence-electron chi connectivity index (χ1n) is 7.07. The zero-order valence-corrected chi connectivity index (χ0v) is 12.3. The third-order valence-electron chi connectivity index (χ3n) is 3.98. The fraction of sp³-hybridized carbons (Fsp3) is 0.294. The zero-order valence-electron chi connectivity index (χ0n) is 11.6. The van der Waals surface area contributed by atoms with Gasteiger partial charge in [0.25, 0.3) is 0 Å². The normalized spacial score (nSPS) is 18.7. The van der Waals surface area contributed by atoms with Gasteiger partial charge in [0.05, 0.1) is 6.61 Å². The molecule has 0 amide bonds. The first-order valence-corrected chi connectivity index (χ1v) is 7.45. The second-order valence-corrected chi connectivity index (χ2v) is 5.82. The van der Waals surface area contributed by atoms with Crippen molar-refractivity contribution < 1.29 is 9.13 Å². The van der Waals surface area contributed by atoms with Crippen molar-refractivity contribution in [3.05, 3.63) is 64.4 Å². The van der Waals surface area contributed by atoms with Crippen molar-refractivity contribution in [3.63, 3.8) is 0 Å². The minimum absolute atomic E-state index is 0.281. The first-order chi connectivity index (χ1) is 10.1. The smallest absolute Gasteiger partial charge is 0.128 e. The van der Waals surface area contributed by atoms with Gasteiger partial charge in [0.1, 0.15) is 11.6 Å². The van der Waals surface area contributed by atoms with Gasteiger partial charge in [0, 0.05) is 16.6 Å². The van der Waals surface area contributed by atoms with E-state index in [-0.39, 0.29) is 17.8 Å². The highest BCUT2D eigenvalue weighted by Crippen LogP contribution is 2.38. The van der Waals surface area contributed by atoms with E-state index in [1.165, 1.54) is 12.1 Å². The van der Waals surface area contributed by atoms with Crippen LogP contribution in [0.25, 0.3) is 0 Å². The summed E-state index contributed by atoms with van der Waals surface area (Å²) in [7, 11) is 0. The maximum atomic E-state index is 13.9. The highest BCUT2D eigenvalue weighted by Gasteiger charge is 2.24. The summed E-state index contributed by atoms with van der Waals surface area (Å²) in [6.07, 6.45) is 1.57. The van der Waals surface area contributed by atoms with Crippen molar-refractivity contribution in [2.24, 2.45) is 5.73 Å². The third kappa shape index (κ3) is 3.04. The molecule has 2 nitrogen and oxygen atoms in total. The van der Waals surface area contributed by atoms with E-state index < -0.39 is 0 Å². The molecule has 2 N–H and O–H groups in total. The lowest BCUT2D eigenvalue weighted by atomic mass is 9.86. The van der Waals surface area contributed by atoms with E-state index >= 15 is 0 Å². The molecule has 0 aliphatic carbocycles. The number of hydrogen-bond donors (Lipinski definition) is 1. The molecule has 110 valence electrons. The molecule has 2 aromatic carbocycles. The summed E-state index contributed by atoms with van der Waals surface area (Å²) in [5, 5.41) is 0.509. The summed E-state index contributed by atoms with van der Waals surface area (Å²) in [6.45, 7) is 0.673. The van der Waals surface area contributed by atoms with Crippen LogP contribution in [-0.2, 0) is 0 Å². The molecule has 4 heteroatoms. The lowest BCUT2D eigenvalue weighted by molar-refractivity contribution is 0.259. The monoisotopic (exact) mass is 305 g/mol. The van der Waals surface area contributed by atoms with E-state index in [0.29, 0.717) is 23.6 Å². The van der Waals surface area contributed by atoms with Crippen molar-refractivity contribution in [2.75, 3.05) is 6.61 Å². The summed E-state index contributed by atoms with van der Waals surface area (Å²) in [4.78, 5) is 0. The number of hydrogen-bond acceptors (Lipinski definition) is 2. The van der Waals surface area contributed by atoms with Gasteiger partial charge in [-0.1, -0.05) is 29.8 Å². The molecular weight excluding hydrogens is 289 g/mol.